The molecule has 10 heteroatoms. The monoisotopic (exact) mass is 445 g/mol. The zero-order chi connectivity index (χ0) is 22.3. The normalized spacial score (nSPS) is 14.5. The van der Waals surface area contributed by atoms with Crippen molar-refractivity contribution in [2.45, 2.75) is 11.8 Å². The van der Waals surface area contributed by atoms with Gasteiger partial charge in [0.15, 0.2) is 6.61 Å². The molecular formula is C21H23N3O6S. The molecule has 0 saturated carbocycles. The van der Waals surface area contributed by atoms with E-state index in [4.69, 9.17) is 19.5 Å². The largest absolute Gasteiger partial charge is 0.492 e. The van der Waals surface area contributed by atoms with Crippen LogP contribution in [0.3, 0.4) is 0 Å². The highest BCUT2D eigenvalue weighted by molar-refractivity contribution is 7.89. The summed E-state index contributed by atoms with van der Waals surface area (Å²) in [4.78, 5) is 12.3. The average molecular weight is 445 g/mol. The lowest BCUT2D eigenvalue weighted by Gasteiger charge is -2.27. The van der Waals surface area contributed by atoms with E-state index in [2.05, 4.69) is 5.32 Å². The Labute approximate surface area is 181 Å². The van der Waals surface area contributed by atoms with Crippen molar-refractivity contribution in [1.29, 1.82) is 5.26 Å². The van der Waals surface area contributed by atoms with Crippen LogP contribution in [0.25, 0.3) is 0 Å². The van der Waals surface area contributed by atoms with Crippen molar-refractivity contribution in [1.82, 2.24) is 4.31 Å². The summed E-state index contributed by atoms with van der Waals surface area (Å²) in [6, 6.07) is 12.8. The van der Waals surface area contributed by atoms with Crippen LogP contribution in [0.1, 0.15) is 12.5 Å². The van der Waals surface area contributed by atoms with Crippen LogP contribution in [0.4, 0.5) is 5.69 Å². The van der Waals surface area contributed by atoms with E-state index < -0.39 is 15.9 Å². The van der Waals surface area contributed by atoms with Crippen LogP contribution in [-0.4, -0.2) is 58.1 Å². The Morgan fingerprint density at radius 1 is 1.16 bits per heavy atom. The number of nitrogens with one attached hydrogen (secondary N) is 1. The lowest BCUT2D eigenvalue weighted by atomic mass is 10.2. The van der Waals surface area contributed by atoms with Crippen LogP contribution in [0, 0.1) is 11.3 Å². The number of ether oxygens (including phenoxy) is 3. The van der Waals surface area contributed by atoms with Crippen molar-refractivity contribution in [3.8, 4) is 17.6 Å². The molecule has 9 nitrogen and oxygen atoms in total. The molecule has 2 aromatic carbocycles. The lowest BCUT2D eigenvalue weighted by molar-refractivity contribution is -0.118. The van der Waals surface area contributed by atoms with Gasteiger partial charge in [0.05, 0.1) is 31.5 Å². The zero-order valence-electron chi connectivity index (χ0n) is 17.0. The van der Waals surface area contributed by atoms with Gasteiger partial charge >= 0.3 is 0 Å². The molecule has 1 fully saturated rings. The van der Waals surface area contributed by atoms with Gasteiger partial charge in [-0.2, -0.15) is 9.57 Å². The SMILES string of the molecule is CCOc1ccc(NC(=O)COc2ccc(C#N)cc2)cc1S(=O)(=O)N1CCOCC1. The molecule has 1 N–H and O–H groups in total. The number of sulfonamides is 1. The van der Waals surface area contributed by atoms with Gasteiger partial charge in [-0.15, -0.1) is 0 Å². The van der Waals surface area contributed by atoms with Crippen molar-refractivity contribution in [2.24, 2.45) is 0 Å². The molecule has 0 radical (unpaired) electrons. The Hall–Kier alpha value is -3.13. The average Bonchev–Trinajstić information content (AvgIpc) is 2.79. The first kappa shape index (κ1) is 22.6. The summed E-state index contributed by atoms with van der Waals surface area (Å²) in [6.45, 7) is 2.95. The third-order valence-electron chi connectivity index (χ3n) is 4.47. The summed E-state index contributed by atoms with van der Waals surface area (Å²) in [5, 5.41) is 11.5. The molecule has 31 heavy (non-hydrogen) atoms. The Bertz CT molecular complexity index is 1060. The van der Waals surface area contributed by atoms with Gasteiger partial charge in [0.25, 0.3) is 5.91 Å². The number of nitrogens with zero attached hydrogens (tertiary/aromatic N) is 2. The third kappa shape index (κ3) is 5.73. The molecular weight excluding hydrogens is 422 g/mol. The first-order chi connectivity index (χ1) is 14.9. The highest BCUT2D eigenvalue weighted by Crippen LogP contribution is 2.30. The maximum Gasteiger partial charge on any atom is 0.262 e. The Kier molecular flexibility index (Phi) is 7.46. The van der Waals surface area contributed by atoms with Crippen LogP contribution < -0.4 is 14.8 Å². The quantitative estimate of drug-likeness (QED) is 0.660. The van der Waals surface area contributed by atoms with Crippen molar-refractivity contribution in [2.75, 3.05) is 44.8 Å². The van der Waals surface area contributed by atoms with E-state index in [-0.39, 0.29) is 30.3 Å². The molecule has 0 aromatic heterocycles. The number of nitriles is 1. The molecule has 164 valence electrons. The number of morpholine rings is 1. The van der Waals surface area contributed by atoms with E-state index in [1.165, 1.54) is 16.4 Å². The summed E-state index contributed by atoms with van der Waals surface area (Å²) in [5.41, 5.74) is 0.795. The van der Waals surface area contributed by atoms with Gasteiger partial charge in [-0.05, 0) is 49.4 Å². The Morgan fingerprint density at radius 3 is 2.52 bits per heavy atom. The molecule has 2 aromatic rings. The smallest absolute Gasteiger partial charge is 0.262 e. The standard InChI is InChI=1S/C21H23N3O6S/c1-2-29-19-8-5-17(13-20(19)31(26,27)24-9-11-28-12-10-24)23-21(25)15-30-18-6-3-16(14-22)4-7-18/h3-8,13H,2,9-12,15H2,1H3,(H,23,25). The Balaban J connectivity index is 1.73. The Morgan fingerprint density at radius 2 is 1.87 bits per heavy atom. The van der Waals surface area contributed by atoms with Gasteiger partial charge in [-0.1, -0.05) is 0 Å². The maximum absolute atomic E-state index is 13.1. The summed E-state index contributed by atoms with van der Waals surface area (Å²) in [5.74, 6) is 0.209. The fourth-order valence-corrected chi connectivity index (χ4v) is 4.52. The van der Waals surface area contributed by atoms with Crippen molar-refractivity contribution < 1.29 is 27.4 Å². The number of carbonyl (C=O) groups is 1. The van der Waals surface area contributed by atoms with Crippen molar-refractivity contribution in [3.05, 3.63) is 48.0 Å². The fourth-order valence-electron chi connectivity index (χ4n) is 2.96. The van der Waals surface area contributed by atoms with Crippen molar-refractivity contribution in [3.63, 3.8) is 0 Å². The number of rotatable bonds is 8. The van der Waals surface area contributed by atoms with Crippen LogP contribution in [-0.2, 0) is 19.6 Å². The zero-order valence-corrected chi connectivity index (χ0v) is 17.9. The molecule has 0 atom stereocenters. The van der Waals surface area contributed by atoms with Crippen LogP contribution in [0.15, 0.2) is 47.4 Å². The number of hydrogen-bond donors (Lipinski definition) is 1. The fraction of sp³-hybridized carbons (Fsp3) is 0.333. The van der Waals surface area contributed by atoms with Crippen LogP contribution >= 0.6 is 0 Å². The molecule has 0 aliphatic carbocycles. The number of carbonyl (C=O) groups excluding carboxylic acids is 1. The van der Waals surface area contributed by atoms with Crippen LogP contribution in [0.2, 0.25) is 0 Å². The highest BCUT2D eigenvalue weighted by atomic mass is 32.2. The molecule has 0 unspecified atom stereocenters. The second-order valence-corrected chi connectivity index (χ2v) is 8.49. The molecule has 1 amide bonds. The minimum Gasteiger partial charge on any atom is -0.492 e. The molecule has 1 aliphatic rings. The van der Waals surface area contributed by atoms with E-state index in [0.29, 0.717) is 36.8 Å². The highest BCUT2D eigenvalue weighted by Gasteiger charge is 2.29. The second kappa shape index (κ2) is 10.3. The van der Waals surface area contributed by atoms with Gasteiger partial charge in [0.1, 0.15) is 16.4 Å². The number of amides is 1. The minimum atomic E-state index is -3.82. The predicted octanol–water partition coefficient (Wildman–Crippen LogP) is 2.00. The van der Waals surface area contributed by atoms with E-state index >= 15 is 0 Å². The van der Waals surface area contributed by atoms with E-state index in [1.54, 1.807) is 37.3 Å². The van der Waals surface area contributed by atoms with Gasteiger partial charge in [0, 0.05) is 18.8 Å². The first-order valence-electron chi connectivity index (χ1n) is 9.71. The van der Waals surface area contributed by atoms with Gasteiger partial charge < -0.3 is 19.5 Å². The third-order valence-corrected chi connectivity index (χ3v) is 6.39. The number of hydrogen-bond acceptors (Lipinski definition) is 7. The topological polar surface area (TPSA) is 118 Å². The van der Waals surface area contributed by atoms with Crippen molar-refractivity contribution >= 4 is 21.6 Å². The number of anilines is 1. The van der Waals surface area contributed by atoms with Gasteiger partial charge in [-0.3, -0.25) is 4.79 Å². The maximum atomic E-state index is 13.1. The van der Waals surface area contributed by atoms with E-state index in [9.17, 15) is 13.2 Å². The molecule has 0 bridgehead atoms. The number of benzene rings is 2. The molecule has 1 heterocycles. The summed E-state index contributed by atoms with van der Waals surface area (Å²) in [7, 11) is -3.82. The van der Waals surface area contributed by atoms with E-state index in [0.717, 1.165) is 0 Å². The first-order valence-corrected chi connectivity index (χ1v) is 11.2. The predicted molar refractivity (Wildman–Crippen MR) is 112 cm³/mol. The summed E-state index contributed by atoms with van der Waals surface area (Å²) in [6.07, 6.45) is 0. The van der Waals surface area contributed by atoms with Gasteiger partial charge in [-0.25, -0.2) is 8.42 Å². The molecule has 1 aliphatic heterocycles. The second-order valence-electron chi connectivity index (χ2n) is 6.58. The summed E-state index contributed by atoms with van der Waals surface area (Å²) >= 11 is 0. The van der Waals surface area contributed by atoms with E-state index in [1.807, 2.05) is 6.07 Å². The minimum absolute atomic E-state index is 0.0120. The van der Waals surface area contributed by atoms with Gasteiger partial charge in [0.2, 0.25) is 10.0 Å². The lowest BCUT2D eigenvalue weighted by Crippen LogP contribution is -2.40. The van der Waals surface area contributed by atoms with Crippen LogP contribution in [0.5, 0.6) is 11.5 Å². The molecule has 0 spiro atoms. The molecule has 1 saturated heterocycles. The molecule has 3 rings (SSSR count). The summed E-state index contributed by atoms with van der Waals surface area (Å²) < 4.78 is 43.7.